The maximum absolute atomic E-state index is 13.3. The highest BCUT2D eigenvalue weighted by Crippen LogP contribution is 2.31. The van der Waals surface area contributed by atoms with E-state index in [1.54, 1.807) is 16.1 Å². The smallest absolute Gasteiger partial charge is 0.329 e. The second kappa shape index (κ2) is 7.36. The molecule has 156 valence electrons. The SMILES string of the molecule is Cc1c(C)n(C)c2c(Cn3c(=O)n(CC(C)C(=O)O)c4ccccc43)cc(Cl)cc12. The molecule has 0 fully saturated rings. The number of carbonyl (C=O) groups is 1. The lowest BCUT2D eigenvalue weighted by Gasteiger charge is -2.10. The van der Waals surface area contributed by atoms with Crippen molar-refractivity contribution in [2.24, 2.45) is 13.0 Å². The van der Waals surface area contributed by atoms with Gasteiger partial charge in [-0.15, -0.1) is 0 Å². The van der Waals surface area contributed by atoms with Gasteiger partial charge in [0.1, 0.15) is 0 Å². The van der Waals surface area contributed by atoms with Crippen LogP contribution in [-0.2, 0) is 24.9 Å². The number of hydrogen-bond acceptors (Lipinski definition) is 2. The zero-order valence-corrected chi connectivity index (χ0v) is 18.2. The van der Waals surface area contributed by atoms with Crippen LogP contribution in [0.15, 0.2) is 41.2 Å². The van der Waals surface area contributed by atoms with Gasteiger partial charge in [-0.25, -0.2) is 4.79 Å². The number of aliphatic carboxylic acids is 1. The van der Waals surface area contributed by atoms with E-state index in [9.17, 15) is 14.7 Å². The number of aryl methyl sites for hydroxylation is 2. The number of para-hydroxylation sites is 2. The quantitative estimate of drug-likeness (QED) is 0.517. The van der Waals surface area contributed by atoms with E-state index in [-0.39, 0.29) is 12.2 Å². The second-order valence-electron chi connectivity index (χ2n) is 7.94. The van der Waals surface area contributed by atoms with E-state index < -0.39 is 11.9 Å². The molecule has 2 heterocycles. The van der Waals surface area contributed by atoms with Gasteiger partial charge >= 0.3 is 11.7 Å². The molecule has 4 rings (SSSR count). The van der Waals surface area contributed by atoms with Crippen LogP contribution in [0.2, 0.25) is 5.02 Å². The summed E-state index contributed by atoms with van der Waals surface area (Å²) < 4.78 is 5.39. The number of aromatic nitrogens is 3. The van der Waals surface area contributed by atoms with Crippen LogP contribution in [0, 0.1) is 19.8 Å². The fourth-order valence-corrected chi connectivity index (χ4v) is 4.44. The standard InChI is InChI=1S/C23H24ClN3O3/c1-13(22(28)29)11-26-19-7-5-6-8-20(19)27(23(26)30)12-16-9-17(24)10-18-14(2)15(3)25(4)21(16)18/h5-10,13H,11-12H2,1-4H3,(H,28,29). The van der Waals surface area contributed by atoms with Crippen molar-refractivity contribution in [3.05, 3.63) is 68.7 Å². The Morgan fingerprint density at radius 1 is 1.13 bits per heavy atom. The fourth-order valence-electron chi connectivity index (χ4n) is 4.20. The minimum absolute atomic E-state index is 0.120. The van der Waals surface area contributed by atoms with Crippen molar-refractivity contribution in [2.45, 2.75) is 33.9 Å². The number of imidazole rings is 1. The van der Waals surface area contributed by atoms with Gasteiger partial charge in [0.05, 0.1) is 29.0 Å². The largest absolute Gasteiger partial charge is 0.481 e. The number of halogens is 1. The summed E-state index contributed by atoms with van der Waals surface area (Å²) in [7, 11) is 2.02. The van der Waals surface area contributed by atoms with Crippen molar-refractivity contribution in [2.75, 3.05) is 0 Å². The third-order valence-electron chi connectivity index (χ3n) is 6.07. The van der Waals surface area contributed by atoms with Crippen molar-refractivity contribution < 1.29 is 9.90 Å². The molecule has 1 atom stereocenters. The first-order valence-corrected chi connectivity index (χ1v) is 10.2. The van der Waals surface area contributed by atoms with Gasteiger partial charge in [0.15, 0.2) is 0 Å². The first kappa shape index (κ1) is 20.3. The van der Waals surface area contributed by atoms with Crippen molar-refractivity contribution in [3.8, 4) is 0 Å². The Kier molecular flexibility index (Phi) is 4.98. The lowest BCUT2D eigenvalue weighted by atomic mass is 10.1. The van der Waals surface area contributed by atoms with Crippen molar-refractivity contribution >= 4 is 39.5 Å². The van der Waals surface area contributed by atoms with E-state index in [1.807, 2.05) is 43.4 Å². The molecule has 7 heteroatoms. The Morgan fingerprint density at radius 2 is 1.77 bits per heavy atom. The van der Waals surface area contributed by atoms with Gasteiger partial charge in [0.2, 0.25) is 0 Å². The summed E-state index contributed by atoms with van der Waals surface area (Å²) in [5.41, 5.74) is 5.61. The molecule has 0 radical (unpaired) electrons. The van der Waals surface area contributed by atoms with Crippen LogP contribution in [0.25, 0.3) is 21.9 Å². The monoisotopic (exact) mass is 425 g/mol. The number of hydrogen-bond donors (Lipinski definition) is 1. The van der Waals surface area contributed by atoms with Gasteiger partial charge in [0.25, 0.3) is 0 Å². The predicted octanol–water partition coefficient (Wildman–Crippen LogP) is 4.33. The molecule has 30 heavy (non-hydrogen) atoms. The predicted molar refractivity (Wildman–Crippen MR) is 120 cm³/mol. The van der Waals surface area contributed by atoms with E-state index in [1.165, 1.54) is 5.56 Å². The Bertz CT molecular complexity index is 1360. The molecule has 0 saturated carbocycles. The summed E-state index contributed by atoms with van der Waals surface area (Å²) in [5.74, 6) is -1.59. The third kappa shape index (κ3) is 3.12. The number of carboxylic acids is 1. The van der Waals surface area contributed by atoms with Gasteiger partial charge in [-0.05, 0) is 49.2 Å². The lowest BCUT2D eigenvalue weighted by molar-refractivity contribution is -0.141. The molecule has 0 aliphatic rings. The highest BCUT2D eigenvalue weighted by Gasteiger charge is 2.20. The fraction of sp³-hybridized carbons (Fsp3) is 0.304. The van der Waals surface area contributed by atoms with E-state index in [4.69, 9.17) is 11.6 Å². The van der Waals surface area contributed by atoms with Crippen molar-refractivity contribution in [3.63, 3.8) is 0 Å². The van der Waals surface area contributed by atoms with Crippen LogP contribution in [0.5, 0.6) is 0 Å². The van der Waals surface area contributed by atoms with E-state index >= 15 is 0 Å². The molecule has 6 nitrogen and oxygen atoms in total. The van der Waals surface area contributed by atoms with Crippen LogP contribution in [0.4, 0.5) is 0 Å². The number of benzene rings is 2. The summed E-state index contributed by atoms with van der Waals surface area (Å²) in [6.07, 6.45) is 0. The highest BCUT2D eigenvalue weighted by atomic mass is 35.5. The summed E-state index contributed by atoms with van der Waals surface area (Å²) in [4.78, 5) is 24.7. The van der Waals surface area contributed by atoms with Gasteiger partial charge in [-0.1, -0.05) is 30.7 Å². The van der Waals surface area contributed by atoms with Gasteiger partial charge in [-0.2, -0.15) is 0 Å². The number of nitrogens with zero attached hydrogens (tertiary/aromatic N) is 3. The molecule has 0 bridgehead atoms. The first-order valence-electron chi connectivity index (χ1n) is 9.85. The normalized spacial score (nSPS) is 12.7. The number of fused-ring (bicyclic) bond motifs is 2. The Morgan fingerprint density at radius 3 is 2.40 bits per heavy atom. The van der Waals surface area contributed by atoms with Crippen LogP contribution >= 0.6 is 11.6 Å². The molecule has 1 N–H and O–H groups in total. The van der Waals surface area contributed by atoms with Gasteiger partial charge < -0.3 is 9.67 Å². The maximum atomic E-state index is 13.3. The van der Waals surface area contributed by atoms with Crippen LogP contribution < -0.4 is 5.69 Å². The molecule has 2 aromatic carbocycles. The van der Waals surface area contributed by atoms with E-state index in [0.717, 1.165) is 33.2 Å². The van der Waals surface area contributed by atoms with Gasteiger partial charge in [0, 0.05) is 29.7 Å². The molecule has 4 aromatic rings. The van der Waals surface area contributed by atoms with E-state index in [2.05, 4.69) is 18.4 Å². The zero-order valence-electron chi connectivity index (χ0n) is 17.4. The molecule has 1 unspecified atom stereocenters. The highest BCUT2D eigenvalue weighted by molar-refractivity contribution is 6.31. The third-order valence-corrected chi connectivity index (χ3v) is 6.29. The average molecular weight is 426 g/mol. The summed E-state index contributed by atoms with van der Waals surface area (Å²) in [6.45, 7) is 6.22. The molecular formula is C23H24ClN3O3. The first-order chi connectivity index (χ1) is 14.2. The number of rotatable bonds is 5. The molecule has 2 aromatic heterocycles. The number of carboxylic acid groups (broad SMARTS) is 1. The van der Waals surface area contributed by atoms with E-state index in [0.29, 0.717) is 11.6 Å². The summed E-state index contributed by atoms with van der Waals surface area (Å²) in [6, 6.07) is 11.3. The Hall–Kier alpha value is -2.99. The summed E-state index contributed by atoms with van der Waals surface area (Å²) in [5, 5.41) is 11.0. The average Bonchev–Trinajstić information content (AvgIpc) is 3.09. The topological polar surface area (TPSA) is 69.2 Å². The zero-order chi connectivity index (χ0) is 21.7. The Labute approximate surface area is 178 Å². The minimum Gasteiger partial charge on any atom is -0.481 e. The van der Waals surface area contributed by atoms with Crippen molar-refractivity contribution in [1.29, 1.82) is 0 Å². The molecular weight excluding hydrogens is 402 g/mol. The Balaban J connectivity index is 1.92. The van der Waals surface area contributed by atoms with Crippen LogP contribution in [0.3, 0.4) is 0 Å². The summed E-state index contributed by atoms with van der Waals surface area (Å²) >= 11 is 6.42. The van der Waals surface area contributed by atoms with Crippen molar-refractivity contribution in [1.82, 2.24) is 13.7 Å². The lowest BCUT2D eigenvalue weighted by Crippen LogP contribution is -2.28. The molecule has 0 aliphatic carbocycles. The minimum atomic E-state index is -0.926. The molecule has 0 saturated heterocycles. The maximum Gasteiger partial charge on any atom is 0.329 e. The van der Waals surface area contributed by atoms with Crippen LogP contribution in [-0.4, -0.2) is 24.8 Å². The molecule has 0 aliphatic heterocycles. The molecule has 0 spiro atoms. The van der Waals surface area contributed by atoms with Gasteiger partial charge in [-0.3, -0.25) is 13.9 Å². The second-order valence-corrected chi connectivity index (χ2v) is 8.37. The van der Waals surface area contributed by atoms with Crippen LogP contribution in [0.1, 0.15) is 23.7 Å². The molecule has 0 amide bonds.